The summed E-state index contributed by atoms with van der Waals surface area (Å²) in [5.74, 6) is -0.361. The van der Waals surface area contributed by atoms with Crippen molar-refractivity contribution in [3.63, 3.8) is 0 Å². The summed E-state index contributed by atoms with van der Waals surface area (Å²) < 4.78 is 0. The third kappa shape index (κ3) is 2.53. The smallest absolute Gasteiger partial charge is 0.269 e. The van der Waals surface area contributed by atoms with Crippen LogP contribution in [0, 0.1) is 0 Å². The highest BCUT2D eigenvalue weighted by molar-refractivity contribution is 6.19. The molecule has 0 aromatic heterocycles. The van der Waals surface area contributed by atoms with Gasteiger partial charge in [0.25, 0.3) is 5.91 Å². The maximum Gasteiger partial charge on any atom is 0.269 e. The molecule has 1 aliphatic rings. The van der Waals surface area contributed by atoms with Crippen molar-refractivity contribution < 1.29 is 9.59 Å². The Morgan fingerprint density at radius 3 is 2.52 bits per heavy atom. The van der Waals surface area contributed by atoms with Crippen molar-refractivity contribution >= 4 is 23.7 Å². The number of para-hydroxylation sites is 1. The number of benzene rings is 2. The third-order valence-corrected chi connectivity index (χ3v) is 3.22. The van der Waals surface area contributed by atoms with Crippen molar-refractivity contribution in [2.75, 3.05) is 5.32 Å². The number of carbonyl (C=O) groups is 2. The molecule has 1 heterocycles. The van der Waals surface area contributed by atoms with Crippen LogP contribution in [-0.4, -0.2) is 24.2 Å². The van der Waals surface area contributed by atoms with E-state index in [-0.39, 0.29) is 5.91 Å². The lowest BCUT2D eigenvalue weighted by Gasteiger charge is -2.09. The molecule has 5 nitrogen and oxygen atoms in total. The number of fused-ring (bicyclic) bond motifs is 1. The minimum Gasteiger partial charge on any atom is -0.329 e. The largest absolute Gasteiger partial charge is 0.329 e. The summed E-state index contributed by atoms with van der Waals surface area (Å²) in [6, 6.07) is 17.0. The van der Waals surface area contributed by atoms with Crippen molar-refractivity contribution in [1.29, 1.82) is 0 Å². The van der Waals surface area contributed by atoms with Crippen LogP contribution in [0.2, 0.25) is 0 Å². The van der Waals surface area contributed by atoms with Crippen molar-refractivity contribution in [3.8, 4) is 0 Å². The Kier molecular flexibility index (Phi) is 3.47. The molecule has 0 saturated carbocycles. The van der Waals surface area contributed by atoms with Crippen LogP contribution < -0.4 is 10.6 Å². The number of hydrogen-bond acceptors (Lipinski definition) is 3. The first-order chi connectivity index (χ1) is 10.3. The zero-order chi connectivity index (χ0) is 14.7. The molecule has 2 amide bonds. The van der Waals surface area contributed by atoms with E-state index in [4.69, 9.17) is 0 Å². The Bertz CT molecular complexity index is 710. The quantitative estimate of drug-likeness (QED) is 0.837. The molecule has 0 bridgehead atoms. The van der Waals surface area contributed by atoms with Gasteiger partial charge in [0.05, 0.1) is 11.4 Å². The second-order valence-electron chi connectivity index (χ2n) is 4.57. The molecule has 1 atom stereocenters. The molecule has 2 N–H and O–H groups in total. The molecular formula is C16H13N3O2. The van der Waals surface area contributed by atoms with Crippen LogP contribution in [0.5, 0.6) is 0 Å². The number of amides is 2. The van der Waals surface area contributed by atoms with Crippen LogP contribution >= 0.6 is 0 Å². The first-order valence-electron chi connectivity index (χ1n) is 6.53. The van der Waals surface area contributed by atoms with Gasteiger partial charge in [0.2, 0.25) is 12.6 Å². The molecule has 0 spiro atoms. The van der Waals surface area contributed by atoms with Crippen LogP contribution in [0.1, 0.15) is 11.1 Å². The van der Waals surface area contributed by atoms with Gasteiger partial charge in [0.1, 0.15) is 0 Å². The average molecular weight is 279 g/mol. The van der Waals surface area contributed by atoms with Gasteiger partial charge in [-0.15, -0.1) is 0 Å². The minimum absolute atomic E-state index is 0.361. The van der Waals surface area contributed by atoms with E-state index in [1.54, 1.807) is 0 Å². The van der Waals surface area contributed by atoms with E-state index in [0.717, 1.165) is 11.1 Å². The fourth-order valence-corrected chi connectivity index (χ4v) is 2.26. The monoisotopic (exact) mass is 279 g/mol. The zero-order valence-corrected chi connectivity index (χ0v) is 11.1. The van der Waals surface area contributed by atoms with Gasteiger partial charge in [-0.05, 0) is 6.07 Å². The van der Waals surface area contributed by atoms with E-state index in [1.165, 1.54) is 0 Å². The first-order valence-corrected chi connectivity index (χ1v) is 6.53. The van der Waals surface area contributed by atoms with Crippen LogP contribution in [0.4, 0.5) is 5.69 Å². The van der Waals surface area contributed by atoms with Crippen molar-refractivity contribution in [1.82, 2.24) is 5.32 Å². The van der Waals surface area contributed by atoms with Gasteiger partial charge in [-0.25, -0.2) is 4.99 Å². The molecule has 2 aromatic carbocycles. The fraction of sp³-hybridized carbons (Fsp3) is 0.0625. The van der Waals surface area contributed by atoms with E-state index in [2.05, 4.69) is 15.6 Å². The van der Waals surface area contributed by atoms with E-state index in [1.807, 2.05) is 54.6 Å². The minimum atomic E-state index is -0.940. The van der Waals surface area contributed by atoms with Gasteiger partial charge in [0, 0.05) is 11.1 Å². The lowest BCUT2D eigenvalue weighted by molar-refractivity contribution is -0.120. The summed E-state index contributed by atoms with van der Waals surface area (Å²) >= 11 is 0. The normalized spacial score (nSPS) is 17.0. The van der Waals surface area contributed by atoms with Gasteiger partial charge in [-0.3, -0.25) is 9.59 Å². The molecule has 104 valence electrons. The van der Waals surface area contributed by atoms with E-state index in [0.29, 0.717) is 17.8 Å². The maximum absolute atomic E-state index is 12.1. The van der Waals surface area contributed by atoms with Crippen LogP contribution in [0.25, 0.3) is 0 Å². The molecule has 1 unspecified atom stereocenters. The molecule has 2 aromatic rings. The summed E-state index contributed by atoms with van der Waals surface area (Å²) in [7, 11) is 0. The van der Waals surface area contributed by atoms with Gasteiger partial charge < -0.3 is 10.6 Å². The fourth-order valence-electron chi connectivity index (χ4n) is 2.26. The predicted octanol–water partition coefficient (Wildman–Crippen LogP) is 1.55. The van der Waals surface area contributed by atoms with Crippen LogP contribution in [-0.2, 0) is 9.59 Å². The average Bonchev–Trinajstić information content (AvgIpc) is 2.66. The van der Waals surface area contributed by atoms with Gasteiger partial charge >= 0.3 is 0 Å². The summed E-state index contributed by atoms with van der Waals surface area (Å²) in [6.07, 6.45) is -0.461. The van der Waals surface area contributed by atoms with Crippen molar-refractivity contribution in [3.05, 3.63) is 65.7 Å². The van der Waals surface area contributed by atoms with Gasteiger partial charge in [0.15, 0.2) is 0 Å². The van der Waals surface area contributed by atoms with Crippen LogP contribution in [0.3, 0.4) is 0 Å². The number of carbonyl (C=O) groups excluding carboxylic acids is 2. The second-order valence-corrected chi connectivity index (χ2v) is 4.57. The highest BCUT2D eigenvalue weighted by atomic mass is 16.2. The lowest BCUT2D eigenvalue weighted by atomic mass is 10.0. The number of aliphatic imine (C=N–C) groups is 1. The molecule has 1 aliphatic heterocycles. The van der Waals surface area contributed by atoms with Crippen molar-refractivity contribution in [2.45, 2.75) is 6.17 Å². The Balaban J connectivity index is 2.17. The Morgan fingerprint density at radius 2 is 1.76 bits per heavy atom. The Hall–Kier alpha value is -2.95. The highest BCUT2D eigenvalue weighted by Crippen LogP contribution is 2.23. The molecule has 3 rings (SSSR count). The number of anilines is 1. The topological polar surface area (TPSA) is 70.6 Å². The highest BCUT2D eigenvalue weighted by Gasteiger charge is 2.24. The number of hydrogen-bond donors (Lipinski definition) is 2. The molecule has 0 fully saturated rings. The summed E-state index contributed by atoms with van der Waals surface area (Å²) in [5.41, 5.74) is 3.07. The van der Waals surface area contributed by atoms with Crippen LogP contribution in [0.15, 0.2) is 59.6 Å². The third-order valence-electron chi connectivity index (χ3n) is 3.22. The predicted molar refractivity (Wildman–Crippen MR) is 80.1 cm³/mol. The Morgan fingerprint density at radius 1 is 1.05 bits per heavy atom. The SMILES string of the molecule is O=CNC1N=C(c2ccccc2)c2ccccc2NC1=O. The maximum atomic E-state index is 12.1. The molecule has 21 heavy (non-hydrogen) atoms. The summed E-state index contributed by atoms with van der Waals surface area (Å²) in [5, 5.41) is 5.21. The number of benzodiazepines with no additional fused rings is 1. The molecule has 0 saturated heterocycles. The molecular weight excluding hydrogens is 266 g/mol. The number of rotatable bonds is 3. The standard InChI is InChI=1S/C16H13N3O2/c20-10-17-15-16(21)18-13-9-5-4-8-12(13)14(19-15)11-6-2-1-3-7-11/h1-10,15H,(H,17,20)(H,18,21). The van der Waals surface area contributed by atoms with E-state index >= 15 is 0 Å². The first kappa shape index (κ1) is 13.1. The number of nitrogens with one attached hydrogen (secondary N) is 2. The number of nitrogens with zero attached hydrogens (tertiary/aromatic N) is 1. The molecule has 5 heteroatoms. The lowest BCUT2D eigenvalue weighted by Crippen LogP contribution is -2.37. The second kappa shape index (κ2) is 5.58. The van der Waals surface area contributed by atoms with Gasteiger partial charge in [-0.1, -0.05) is 48.5 Å². The molecule has 0 radical (unpaired) electrons. The summed E-state index contributed by atoms with van der Waals surface area (Å²) in [4.78, 5) is 27.2. The zero-order valence-electron chi connectivity index (χ0n) is 11.1. The van der Waals surface area contributed by atoms with E-state index < -0.39 is 6.17 Å². The summed E-state index contributed by atoms with van der Waals surface area (Å²) in [6.45, 7) is 0. The van der Waals surface area contributed by atoms with E-state index in [9.17, 15) is 9.59 Å². The van der Waals surface area contributed by atoms with Gasteiger partial charge in [-0.2, -0.15) is 0 Å². The molecule has 0 aliphatic carbocycles. The Labute approximate surface area is 121 Å². The van der Waals surface area contributed by atoms with Crippen molar-refractivity contribution in [2.24, 2.45) is 4.99 Å².